The van der Waals surface area contributed by atoms with Crippen LogP contribution in [0.2, 0.25) is 5.02 Å². The van der Waals surface area contributed by atoms with Crippen LogP contribution in [0.25, 0.3) is 0 Å². The average molecular weight is 290 g/mol. The number of rotatable bonds is 2. The number of hydrogen-bond acceptors (Lipinski definition) is 3. The van der Waals surface area contributed by atoms with Crippen LogP contribution in [0.3, 0.4) is 0 Å². The van der Waals surface area contributed by atoms with Gasteiger partial charge in [0.2, 0.25) is 0 Å². The quantitative estimate of drug-likeness (QED) is 0.912. The van der Waals surface area contributed by atoms with Crippen molar-refractivity contribution in [2.24, 2.45) is 0 Å². The van der Waals surface area contributed by atoms with Gasteiger partial charge in [0.1, 0.15) is 11.5 Å². The number of benzene rings is 2. The fourth-order valence-corrected chi connectivity index (χ4v) is 2.64. The molecule has 0 radical (unpaired) electrons. The zero-order valence-electron chi connectivity index (χ0n) is 11.1. The van der Waals surface area contributed by atoms with E-state index < -0.39 is 0 Å². The summed E-state index contributed by atoms with van der Waals surface area (Å²) in [5.74, 6) is 1.17. The van der Waals surface area contributed by atoms with Crippen LogP contribution >= 0.6 is 11.6 Å². The summed E-state index contributed by atoms with van der Waals surface area (Å²) in [6.07, 6.45) is 0.954. The van der Waals surface area contributed by atoms with Crippen LogP contribution < -0.4 is 9.64 Å². The standard InChI is InChI=1S/C16H16ClNO2/c17-13-6-7-15(19)12(10-13)11-18-8-3-9-20-16-5-2-1-4-14(16)18/h1-2,4-7,10,19H,3,8-9,11H2. The van der Waals surface area contributed by atoms with Crippen molar-refractivity contribution in [3.05, 3.63) is 53.1 Å². The van der Waals surface area contributed by atoms with E-state index >= 15 is 0 Å². The Hall–Kier alpha value is -1.87. The number of halogens is 1. The lowest BCUT2D eigenvalue weighted by molar-refractivity contribution is 0.322. The third-order valence-corrected chi connectivity index (χ3v) is 3.67. The minimum Gasteiger partial charge on any atom is -0.508 e. The van der Waals surface area contributed by atoms with Gasteiger partial charge in [0.15, 0.2) is 0 Å². The van der Waals surface area contributed by atoms with Crippen molar-refractivity contribution in [3.63, 3.8) is 0 Å². The highest BCUT2D eigenvalue weighted by Crippen LogP contribution is 2.33. The Bertz CT molecular complexity index is 615. The molecule has 2 aromatic rings. The van der Waals surface area contributed by atoms with Crippen LogP contribution in [0.5, 0.6) is 11.5 Å². The molecule has 1 N–H and O–H groups in total. The van der Waals surface area contributed by atoms with Gasteiger partial charge in [0.25, 0.3) is 0 Å². The Labute approximate surface area is 123 Å². The highest BCUT2D eigenvalue weighted by atomic mass is 35.5. The van der Waals surface area contributed by atoms with Gasteiger partial charge in [0, 0.05) is 23.7 Å². The van der Waals surface area contributed by atoms with Crippen molar-refractivity contribution < 1.29 is 9.84 Å². The summed E-state index contributed by atoms with van der Waals surface area (Å²) in [7, 11) is 0. The van der Waals surface area contributed by atoms with Crippen LogP contribution in [-0.2, 0) is 6.54 Å². The molecule has 2 aromatic carbocycles. The van der Waals surface area contributed by atoms with Crippen LogP contribution in [-0.4, -0.2) is 18.3 Å². The van der Waals surface area contributed by atoms with Crippen molar-refractivity contribution in [2.45, 2.75) is 13.0 Å². The topological polar surface area (TPSA) is 32.7 Å². The number of ether oxygens (including phenoxy) is 1. The van der Waals surface area contributed by atoms with E-state index in [4.69, 9.17) is 16.3 Å². The molecule has 0 saturated carbocycles. The molecule has 0 fully saturated rings. The number of phenols is 1. The first-order valence-electron chi connectivity index (χ1n) is 6.68. The number of nitrogens with zero attached hydrogens (tertiary/aromatic N) is 1. The molecule has 0 saturated heterocycles. The van der Waals surface area contributed by atoms with Gasteiger partial charge in [-0.25, -0.2) is 0 Å². The lowest BCUT2D eigenvalue weighted by Gasteiger charge is -2.24. The molecule has 3 rings (SSSR count). The Kier molecular flexibility index (Phi) is 3.70. The summed E-state index contributed by atoms with van der Waals surface area (Å²) in [5, 5.41) is 10.6. The van der Waals surface area contributed by atoms with Crippen LogP contribution in [0, 0.1) is 0 Å². The molecule has 104 valence electrons. The lowest BCUT2D eigenvalue weighted by atomic mass is 10.1. The van der Waals surface area contributed by atoms with Crippen molar-refractivity contribution in [2.75, 3.05) is 18.1 Å². The maximum Gasteiger partial charge on any atom is 0.142 e. The predicted molar refractivity (Wildman–Crippen MR) is 80.7 cm³/mol. The van der Waals surface area contributed by atoms with E-state index in [1.54, 1.807) is 12.1 Å². The number of anilines is 1. The summed E-state index contributed by atoms with van der Waals surface area (Å²) < 4.78 is 5.74. The van der Waals surface area contributed by atoms with E-state index in [0.29, 0.717) is 11.6 Å². The summed E-state index contributed by atoms with van der Waals surface area (Å²) in [4.78, 5) is 2.22. The molecule has 1 heterocycles. The second kappa shape index (κ2) is 5.63. The molecule has 1 aliphatic heterocycles. The van der Waals surface area contributed by atoms with Crippen LogP contribution in [0.15, 0.2) is 42.5 Å². The fourth-order valence-electron chi connectivity index (χ4n) is 2.45. The third kappa shape index (κ3) is 2.68. The molecule has 3 nitrogen and oxygen atoms in total. The van der Waals surface area contributed by atoms with Gasteiger partial charge in [0.05, 0.1) is 12.3 Å². The third-order valence-electron chi connectivity index (χ3n) is 3.44. The molecular formula is C16H16ClNO2. The maximum atomic E-state index is 9.97. The van der Waals surface area contributed by atoms with E-state index in [1.165, 1.54) is 0 Å². The number of aromatic hydroxyl groups is 1. The first-order chi connectivity index (χ1) is 9.74. The highest BCUT2D eigenvalue weighted by Gasteiger charge is 2.17. The van der Waals surface area contributed by atoms with E-state index in [2.05, 4.69) is 4.90 Å². The molecule has 0 spiro atoms. The molecule has 4 heteroatoms. The average Bonchev–Trinajstić information content (AvgIpc) is 2.66. The largest absolute Gasteiger partial charge is 0.508 e. The normalized spacial score (nSPS) is 14.3. The van der Waals surface area contributed by atoms with E-state index in [0.717, 1.165) is 36.6 Å². The first-order valence-corrected chi connectivity index (χ1v) is 7.06. The van der Waals surface area contributed by atoms with Crippen molar-refractivity contribution >= 4 is 17.3 Å². The van der Waals surface area contributed by atoms with Crippen LogP contribution in [0.4, 0.5) is 5.69 Å². The lowest BCUT2D eigenvalue weighted by Crippen LogP contribution is -2.23. The molecule has 0 amide bonds. The van der Waals surface area contributed by atoms with Crippen molar-refractivity contribution in [1.82, 2.24) is 0 Å². The second-order valence-corrected chi connectivity index (χ2v) is 5.30. The Morgan fingerprint density at radius 3 is 2.95 bits per heavy atom. The number of fused-ring (bicyclic) bond motifs is 1. The number of hydrogen-bond donors (Lipinski definition) is 1. The molecule has 20 heavy (non-hydrogen) atoms. The molecule has 0 unspecified atom stereocenters. The summed E-state index contributed by atoms with van der Waals surface area (Å²) in [6.45, 7) is 2.23. The molecule has 0 aromatic heterocycles. The van der Waals surface area contributed by atoms with Gasteiger partial charge >= 0.3 is 0 Å². The maximum absolute atomic E-state index is 9.97. The Morgan fingerprint density at radius 1 is 1.20 bits per heavy atom. The zero-order chi connectivity index (χ0) is 13.9. The Balaban J connectivity index is 1.92. The Morgan fingerprint density at radius 2 is 2.05 bits per heavy atom. The summed E-state index contributed by atoms with van der Waals surface area (Å²) in [5.41, 5.74) is 1.89. The number of para-hydroxylation sites is 2. The SMILES string of the molecule is Oc1ccc(Cl)cc1CN1CCCOc2ccccc21. The van der Waals surface area contributed by atoms with Gasteiger partial charge in [-0.1, -0.05) is 23.7 Å². The van der Waals surface area contributed by atoms with E-state index in [-0.39, 0.29) is 5.75 Å². The van der Waals surface area contributed by atoms with Crippen LogP contribution in [0.1, 0.15) is 12.0 Å². The molecule has 0 bridgehead atoms. The number of phenolic OH excluding ortho intramolecular Hbond substituents is 1. The minimum absolute atomic E-state index is 0.275. The van der Waals surface area contributed by atoms with Crippen molar-refractivity contribution in [3.8, 4) is 11.5 Å². The molecule has 0 aliphatic carbocycles. The molecule has 1 aliphatic rings. The van der Waals surface area contributed by atoms with Gasteiger partial charge < -0.3 is 14.7 Å². The monoisotopic (exact) mass is 289 g/mol. The second-order valence-electron chi connectivity index (χ2n) is 4.86. The first kappa shape index (κ1) is 13.1. The van der Waals surface area contributed by atoms with Gasteiger partial charge in [-0.15, -0.1) is 0 Å². The van der Waals surface area contributed by atoms with Crippen molar-refractivity contribution in [1.29, 1.82) is 0 Å². The molecular weight excluding hydrogens is 274 g/mol. The van der Waals surface area contributed by atoms with E-state index in [9.17, 15) is 5.11 Å². The predicted octanol–water partition coefficient (Wildman–Crippen LogP) is 3.83. The van der Waals surface area contributed by atoms with E-state index in [1.807, 2.05) is 30.3 Å². The smallest absolute Gasteiger partial charge is 0.142 e. The summed E-state index contributed by atoms with van der Waals surface area (Å²) in [6, 6.07) is 13.1. The van der Waals surface area contributed by atoms with Gasteiger partial charge in [-0.05, 0) is 36.8 Å². The molecule has 0 atom stereocenters. The fraction of sp³-hybridized carbons (Fsp3) is 0.250. The highest BCUT2D eigenvalue weighted by molar-refractivity contribution is 6.30. The van der Waals surface area contributed by atoms with Gasteiger partial charge in [-0.2, -0.15) is 0 Å². The summed E-state index contributed by atoms with van der Waals surface area (Å²) >= 11 is 6.01. The van der Waals surface area contributed by atoms with Gasteiger partial charge in [-0.3, -0.25) is 0 Å². The minimum atomic E-state index is 0.275. The zero-order valence-corrected chi connectivity index (χ0v) is 11.8.